The maximum atomic E-state index is 12.4. The van der Waals surface area contributed by atoms with Crippen molar-refractivity contribution in [2.45, 2.75) is 32.9 Å². The van der Waals surface area contributed by atoms with Gasteiger partial charge in [-0.15, -0.1) is 0 Å². The first-order valence-corrected chi connectivity index (χ1v) is 8.41. The second-order valence-electron chi connectivity index (χ2n) is 6.08. The molecule has 0 aliphatic carbocycles. The van der Waals surface area contributed by atoms with Gasteiger partial charge >= 0.3 is 0 Å². The van der Waals surface area contributed by atoms with E-state index < -0.39 is 0 Å². The standard InChI is InChI=1S/C20H21N3O2/c1-3-15-8-10-16(11-9-15)14(2)22-19(24)12-23-13-21-18-7-5-4-6-17(18)20(23)25/h4-11,13-14H,3,12H2,1-2H3,(H,22,24). The topological polar surface area (TPSA) is 64.0 Å². The predicted molar refractivity (Wildman–Crippen MR) is 98.4 cm³/mol. The fourth-order valence-electron chi connectivity index (χ4n) is 2.79. The molecular weight excluding hydrogens is 314 g/mol. The highest BCUT2D eigenvalue weighted by molar-refractivity contribution is 5.79. The van der Waals surface area contributed by atoms with E-state index in [1.54, 1.807) is 18.2 Å². The highest BCUT2D eigenvalue weighted by Gasteiger charge is 2.12. The van der Waals surface area contributed by atoms with Gasteiger partial charge in [-0.2, -0.15) is 0 Å². The third-order valence-electron chi connectivity index (χ3n) is 4.31. The highest BCUT2D eigenvalue weighted by atomic mass is 16.2. The van der Waals surface area contributed by atoms with Crippen LogP contribution in [0.1, 0.15) is 31.0 Å². The first-order valence-electron chi connectivity index (χ1n) is 8.41. The lowest BCUT2D eigenvalue weighted by Gasteiger charge is -2.15. The summed E-state index contributed by atoms with van der Waals surface area (Å²) in [6.07, 6.45) is 2.41. The zero-order valence-corrected chi connectivity index (χ0v) is 14.4. The smallest absolute Gasteiger partial charge is 0.261 e. The van der Waals surface area contributed by atoms with Crippen LogP contribution in [0, 0.1) is 0 Å². The fraction of sp³-hybridized carbons (Fsp3) is 0.250. The Morgan fingerprint density at radius 3 is 2.60 bits per heavy atom. The van der Waals surface area contributed by atoms with Crippen molar-refractivity contribution in [1.82, 2.24) is 14.9 Å². The molecule has 1 N–H and O–H groups in total. The lowest BCUT2D eigenvalue weighted by atomic mass is 10.1. The summed E-state index contributed by atoms with van der Waals surface area (Å²) in [5, 5.41) is 3.45. The number of fused-ring (bicyclic) bond motifs is 1. The molecule has 1 atom stereocenters. The minimum atomic E-state index is -0.216. The van der Waals surface area contributed by atoms with Gasteiger partial charge in [-0.3, -0.25) is 14.2 Å². The van der Waals surface area contributed by atoms with Crippen molar-refractivity contribution in [3.8, 4) is 0 Å². The first kappa shape index (κ1) is 16.9. The SMILES string of the molecule is CCc1ccc(C(C)NC(=O)Cn2cnc3ccccc3c2=O)cc1. The summed E-state index contributed by atoms with van der Waals surface area (Å²) in [6.45, 7) is 3.99. The van der Waals surface area contributed by atoms with E-state index in [1.807, 2.05) is 25.1 Å². The summed E-state index contributed by atoms with van der Waals surface area (Å²) >= 11 is 0. The molecule has 0 aliphatic rings. The molecule has 1 aromatic heterocycles. The predicted octanol–water partition coefficient (Wildman–Crippen LogP) is 2.84. The number of rotatable bonds is 5. The van der Waals surface area contributed by atoms with Gasteiger partial charge in [0.25, 0.3) is 5.56 Å². The molecule has 1 amide bonds. The normalized spacial score (nSPS) is 12.1. The van der Waals surface area contributed by atoms with Crippen molar-refractivity contribution in [2.75, 3.05) is 0 Å². The Balaban J connectivity index is 1.71. The molecule has 128 valence electrons. The number of amides is 1. The first-order chi connectivity index (χ1) is 12.1. The Hall–Kier alpha value is -2.95. The second kappa shape index (κ2) is 7.30. The highest BCUT2D eigenvalue weighted by Crippen LogP contribution is 2.13. The molecule has 3 rings (SSSR count). The van der Waals surface area contributed by atoms with E-state index in [1.165, 1.54) is 16.5 Å². The van der Waals surface area contributed by atoms with E-state index in [9.17, 15) is 9.59 Å². The zero-order chi connectivity index (χ0) is 17.8. The van der Waals surface area contributed by atoms with Crippen molar-refractivity contribution < 1.29 is 4.79 Å². The number of carbonyl (C=O) groups excluding carboxylic acids is 1. The van der Waals surface area contributed by atoms with Crippen LogP contribution in [0.2, 0.25) is 0 Å². The summed E-state index contributed by atoms with van der Waals surface area (Å²) in [5.74, 6) is -0.216. The van der Waals surface area contributed by atoms with Crippen LogP contribution in [-0.4, -0.2) is 15.5 Å². The zero-order valence-electron chi connectivity index (χ0n) is 14.4. The molecule has 0 saturated carbocycles. The average molecular weight is 335 g/mol. The maximum Gasteiger partial charge on any atom is 0.261 e. The Labute approximate surface area is 146 Å². The van der Waals surface area contributed by atoms with Crippen molar-refractivity contribution >= 4 is 16.8 Å². The quantitative estimate of drug-likeness (QED) is 0.780. The van der Waals surface area contributed by atoms with Crippen LogP contribution in [-0.2, 0) is 17.8 Å². The van der Waals surface area contributed by atoms with Gasteiger partial charge in [0.1, 0.15) is 6.54 Å². The molecule has 0 aliphatic heterocycles. The third kappa shape index (κ3) is 3.76. The number of benzene rings is 2. The van der Waals surface area contributed by atoms with Gasteiger partial charge < -0.3 is 5.32 Å². The van der Waals surface area contributed by atoms with Crippen molar-refractivity contribution in [2.24, 2.45) is 0 Å². The van der Waals surface area contributed by atoms with Crippen LogP contribution in [0.4, 0.5) is 0 Å². The van der Waals surface area contributed by atoms with Gasteiger partial charge in [0, 0.05) is 0 Å². The van der Waals surface area contributed by atoms with Crippen LogP contribution in [0.5, 0.6) is 0 Å². The van der Waals surface area contributed by atoms with E-state index in [-0.39, 0.29) is 24.1 Å². The number of aryl methyl sites for hydroxylation is 1. The van der Waals surface area contributed by atoms with Crippen molar-refractivity contribution in [3.05, 3.63) is 76.3 Å². The average Bonchev–Trinajstić information content (AvgIpc) is 2.64. The summed E-state index contributed by atoms with van der Waals surface area (Å²) in [5.41, 5.74) is 2.72. The number of hydrogen-bond donors (Lipinski definition) is 1. The largest absolute Gasteiger partial charge is 0.348 e. The van der Waals surface area contributed by atoms with E-state index >= 15 is 0 Å². The molecule has 0 spiro atoms. The molecule has 3 aromatic rings. The van der Waals surface area contributed by atoms with Gasteiger partial charge in [0.05, 0.1) is 23.3 Å². The van der Waals surface area contributed by atoms with Crippen molar-refractivity contribution in [3.63, 3.8) is 0 Å². The summed E-state index contributed by atoms with van der Waals surface area (Å²) in [6, 6.07) is 15.2. The van der Waals surface area contributed by atoms with Gasteiger partial charge in [-0.25, -0.2) is 4.98 Å². The molecular formula is C20H21N3O2. The molecule has 0 bridgehead atoms. The second-order valence-corrected chi connectivity index (χ2v) is 6.08. The molecule has 1 unspecified atom stereocenters. The van der Waals surface area contributed by atoms with Crippen LogP contribution >= 0.6 is 0 Å². The summed E-state index contributed by atoms with van der Waals surface area (Å²) in [7, 11) is 0. The molecule has 1 heterocycles. The van der Waals surface area contributed by atoms with E-state index in [2.05, 4.69) is 29.4 Å². The van der Waals surface area contributed by atoms with Crippen molar-refractivity contribution in [1.29, 1.82) is 0 Å². The Bertz CT molecular complexity index is 945. The number of nitrogens with zero attached hydrogens (tertiary/aromatic N) is 2. The Kier molecular flexibility index (Phi) is 4.93. The molecule has 0 radical (unpaired) electrons. The van der Waals surface area contributed by atoms with Gasteiger partial charge in [-0.1, -0.05) is 43.3 Å². The van der Waals surface area contributed by atoms with Gasteiger partial charge in [0.2, 0.25) is 5.91 Å². The number of aromatic nitrogens is 2. The van der Waals surface area contributed by atoms with Crippen LogP contribution in [0.25, 0.3) is 10.9 Å². The Morgan fingerprint density at radius 2 is 1.88 bits per heavy atom. The van der Waals surface area contributed by atoms with Gasteiger partial charge in [-0.05, 0) is 36.6 Å². The summed E-state index contributed by atoms with van der Waals surface area (Å²) < 4.78 is 1.34. The Morgan fingerprint density at radius 1 is 1.16 bits per heavy atom. The van der Waals surface area contributed by atoms with Gasteiger partial charge in [0.15, 0.2) is 0 Å². The van der Waals surface area contributed by atoms with E-state index in [0.29, 0.717) is 10.9 Å². The van der Waals surface area contributed by atoms with E-state index in [0.717, 1.165) is 12.0 Å². The lowest BCUT2D eigenvalue weighted by molar-refractivity contribution is -0.122. The van der Waals surface area contributed by atoms with E-state index in [4.69, 9.17) is 0 Å². The molecule has 2 aromatic carbocycles. The van der Waals surface area contributed by atoms with Crippen LogP contribution in [0.15, 0.2) is 59.7 Å². The fourth-order valence-corrected chi connectivity index (χ4v) is 2.79. The third-order valence-corrected chi connectivity index (χ3v) is 4.31. The molecule has 0 fully saturated rings. The molecule has 0 saturated heterocycles. The number of carbonyl (C=O) groups is 1. The number of para-hydroxylation sites is 1. The maximum absolute atomic E-state index is 12.4. The van der Waals surface area contributed by atoms with Crippen LogP contribution < -0.4 is 10.9 Å². The molecule has 5 heteroatoms. The summed E-state index contributed by atoms with van der Waals surface area (Å²) in [4.78, 5) is 29.0. The molecule has 5 nitrogen and oxygen atoms in total. The van der Waals surface area contributed by atoms with Crippen LogP contribution in [0.3, 0.4) is 0 Å². The minimum absolute atomic E-state index is 0.0476. The number of hydrogen-bond acceptors (Lipinski definition) is 3. The minimum Gasteiger partial charge on any atom is -0.348 e. The lowest BCUT2D eigenvalue weighted by Crippen LogP contribution is -2.34. The number of nitrogens with one attached hydrogen (secondary N) is 1. The monoisotopic (exact) mass is 335 g/mol. The molecule has 25 heavy (non-hydrogen) atoms.